The maximum absolute atomic E-state index is 13.5. The molecule has 0 bridgehead atoms. The Morgan fingerprint density at radius 2 is 1.91 bits per heavy atom. The summed E-state index contributed by atoms with van der Waals surface area (Å²) in [5.41, 5.74) is 6.01. The zero-order valence-electron chi connectivity index (χ0n) is 20.0. The van der Waals surface area contributed by atoms with Gasteiger partial charge in [-0.1, -0.05) is 30.3 Å². The number of aromatic nitrogens is 2. The van der Waals surface area contributed by atoms with Crippen molar-refractivity contribution >= 4 is 17.7 Å². The van der Waals surface area contributed by atoms with E-state index in [1.807, 2.05) is 9.58 Å². The normalized spacial score (nSPS) is 20.0. The van der Waals surface area contributed by atoms with Crippen LogP contribution in [0.1, 0.15) is 28.0 Å². The van der Waals surface area contributed by atoms with Gasteiger partial charge >= 0.3 is 0 Å². The number of carbonyl (C=O) groups is 1. The summed E-state index contributed by atoms with van der Waals surface area (Å²) >= 11 is 1.78. The van der Waals surface area contributed by atoms with Crippen molar-refractivity contribution in [3.05, 3.63) is 65.4 Å². The number of ether oxygens (including phenoxy) is 2. The van der Waals surface area contributed by atoms with Gasteiger partial charge < -0.3 is 14.4 Å². The fraction of sp³-hybridized carbons (Fsp3) is 0.407. The molecule has 0 radical (unpaired) electrons. The van der Waals surface area contributed by atoms with Crippen LogP contribution in [0.4, 0.5) is 0 Å². The van der Waals surface area contributed by atoms with Crippen LogP contribution < -0.4 is 0 Å². The number of carbonyl (C=O) groups excluding carboxylic acids is 1. The molecular formula is C27H30N4O3S. The van der Waals surface area contributed by atoms with Crippen molar-refractivity contribution in [2.45, 2.75) is 29.7 Å². The molecule has 0 saturated carbocycles. The average Bonchev–Trinajstić information content (AvgIpc) is 3.54. The number of nitrogens with zero attached hydrogens (tertiary/aromatic N) is 4. The molecule has 3 aliphatic heterocycles. The van der Waals surface area contributed by atoms with Crippen LogP contribution in [0.2, 0.25) is 0 Å². The second-order valence-corrected chi connectivity index (χ2v) is 10.3. The largest absolute Gasteiger partial charge is 0.380 e. The van der Waals surface area contributed by atoms with Crippen molar-refractivity contribution in [3.63, 3.8) is 0 Å². The van der Waals surface area contributed by atoms with Crippen LogP contribution in [0, 0.1) is 0 Å². The number of morpholine rings is 1. The highest BCUT2D eigenvalue weighted by molar-refractivity contribution is 7.98. The van der Waals surface area contributed by atoms with E-state index in [2.05, 4.69) is 53.4 Å². The number of likely N-dealkylation sites (tertiary alicyclic amines) is 1. The molecule has 2 saturated heterocycles. The third-order valence-corrected chi connectivity index (χ3v) is 8.25. The minimum absolute atomic E-state index is 0.00151. The smallest absolute Gasteiger partial charge is 0.274 e. The molecule has 182 valence electrons. The van der Waals surface area contributed by atoms with Crippen LogP contribution in [-0.2, 0) is 21.8 Å². The second-order valence-electron chi connectivity index (χ2n) is 9.32. The molecule has 1 unspecified atom stereocenters. The number of amides is 1. The van der Waals surface area contributed by atoms with Gasteiger partial charge in [0.2, 0.25) is 0 Å². The van der Waals surface area contributed by atoms with Gasteiger partial charge in [-0.25, -0.2) is 4.68 Å². The first kappa shape index (κ1) is 22.8. The van der Waals surface area contributed by atoms with Crippen molar-refractivity contribution in [1.29, 1.82) is 0 Å². The highest BCUT2D eigenvalue weighted by Crippen LogP contribution is 2.43. The van der Waals surface area contributed by atoms with Gasteiger partial charge in [0, 0.05) is 61.6 Å². The number of methoxy groups -OCH3 is 1. The minimum Gasteiger partial charge on any atom is -0.380 e. The number of hydrogen-bond donors (Lipinski definition) is 0. The topological polar surface area (TPSA) is 59.8 Å². The summed E-state index contributed by atoms with van der Waals surface area (Å²) in [6.07, 6.45) is 1.43. The summed E-state index contributed by atoms with van der Waals surface area (Å²) in [6, 6.07) is 17.0. The molecule has 2 aromatic carbocycles. The van der Waals surface area contributed by atoms with E-state index in [0.717, 1.165) is 54.3 Å². The van der Waals surface area contributed by atoms with Crippen LogP contribution in [0.5, 0.6) is 0 Å². The lowest BCUT2D eigenvalue weighted by molar-refractivity contribution is 0.0298. The Morgan fingerprint density at radius 1 is 1.11 bits per heavy atom. The molecule has 35 heavy (non-hydrogen) atoms. The van der Waals surface area contributed by atoms with Crippen molar-refractivity contribution in [1.82, 2.24) is 19.6 Å². The summed E-state index contributed by atoms with van der Waals surface area (Å²) in [7, 11) is 1.79. The number of rotatable bonds is 5. The standard InChI is InChI=1S/C27H30N4O3S/c1-33-21-10-11-29(17-21)16-19-6-8-20(9-7-19)31-26-22-4-2-3-5-24(22)35-18-23(26)25(28-31)27(32)30-12-14-34-15-13-30/h2-9,21H,10-18H2,1H3. The monoisotopic (exact) mass is 490 g/mol. The molecule has 3 aromatic rings. The number of hydrogen-bond acceptors (Lipinski definition) is 6. The Hall–Kier alpha value is -2.65. The third kappa shape index (κ3) is 4.40. The number of fused-ring (bicyclic) bond motifs is 3. The zero-order valence-corrected chi connectivity index (χ0v) is 20.8. The lowest BCUT2D eigenvalue weighted by Gasteiger charge is -2.26. The van der Waals surface area contributed by atoms with Crippen LogP contribution in [-0.4, -0.2) is 78.1 Å². The molecule has 0 aliphatic carbocycles. The number of thioether (sulfide) groups is 1. The van der Waals surface area contributed by atoms with Crippen molar-refractivity contribution < 1.29 is 14.3 Å². The van der Waals surface area contributed by atoms with Crippen molar-refractivity contribution in [2.24, 2.45) is 0 Å². The Balaban J connectivity index is 1.35. The van der Waals surface area contributed by atoms with Crippen LogP contribution in [0.3, 0.4) is 0 Å². The van der Waals surface area contributed by atoms with E-state index in [1.165, 1.54) is 10.5 Å². The predicted octanol–water partition coefficient (Wildman–Crippen LogP) is 3.84. The quantitative estimate of drug-likeness (QED) is 0.542. The van der Waals surface area contributed by atoms with E-state index in [4.69, 9.17) is 14.6 Å². The van der Waals surface area contributed by atoms with Crippen LogP contribution >= 0.6 is 11.8 Å². The van der Waals surface area contributed by atoms with Gasteiger partial charge in [-0.15, -0.1) is 11.8 Å². The van der Waals surface area contributed by atoms with Crippen molar-refractivity contribution in [2.75, 3.05) is 46.5 Å². The molecule has 6 rings (SSSR count). The van der Waals surface area contributed by atoms with Crippen LogP contribution in [0.25, 0.3) is 16.9 Å². The molecule has 3 aliphatic rings. The molecule has 1 aromatic heterocycles. The maximum atomic E-state index is 13.5. The van der Waals surface area contributed by atoms with E-state index in [-0.39, 0.29) is 5.91 Å². The summed E-state index contributed by atoms with van der Waals surface area (Å²) < 4.78 is 12.9. The molecule has 0 N–H and O–H groups in total. The van der Waals surface area contributed by atoms with Crippen LogP contribution in [0.15, 0.2) is 53.4 Å². The zero-order chi connectivity index (χ0) is 23.8. The molecule has 2 fully saturated rings. The fourth-order valence-corrected chi connectivity index (χ4v) is 6.28. The van der Waals surface area contributed by atoms with Gasteiger partial charge in [0.25, 0.3) is 5.91 Å². The first-order chi connectivity index (χ1) is 17.2. The SMILES string of the molecule is COC1CCN(Cc2ccc(-n3nc(C(=O)N4CCOCC4)c4c3-c3ccccc3SC4)cc2)C1. The molecule has 8 heteroatoms. The van der Waals surface area contributed by atoms with Gasteiger partial charge in [-0.05, 0) is 30.2 Å². The Morgan fingerprint density at radius 3 is 2.69 bits per heavy atom. The van der Waals surface area contributed by atoms with Gasteiger partial charge in [0.05, 0.1) is 30.7 Å². The van der Waals surface area contributed by atoms with Crippen molar-refractivity contribution in [3.8, 4) is 16.9 Å². The Labute approximate surface area is 210 Å². The fourth-order valence-electron chi connectivity index (χ4n) is 5.21. The average molecular weight is 491 g/mol. The highest BCUT2D eigenvalue weighted by Gasteiger charge is 2.32. The van der Waals surface area contributed by atoms with E-state index < -0.39 is 0 Å². The molecular weight excluding hydrogens is 460 g/mol. The second kappa shape index (κ2) is 9.78. The Bertz CT molecular complexity index is 1220. The van der Waals surface area contributed by atoms with E-state index in [9.17, 15) is 4.79 Å². The molecule has 4 heterocycles. The Kier molecular flexibility index (Phi) is 6.37. The first-order valence-corrected chi connectivity index (χ1v) is 13.3. The summed E-state index contributed by atoms with van der Waals surface area (Å²) in [5.74, 6) is 0.743. The van der Waals surface area contributed by atoms with E-state index >= 15 is 0 Å². The minimum atomic E-state index is 0.00151. The van der Waals surface area contributed by atoms with Gasteiger partial charge in [0.1, 0.15) is 0 Å². The number of benzene rings is 2. The lowest BCUT2D eigenvalue weighted by atomic mass is 10.0. The first-order valence-electron chi connectivity index (χ1n) is 12.3. The molecule has 1 atom stereocenters. The summed E-state index contributed by atoms with van der Waals surface area (Å²) in [5, 5.41) is 4.93. The highest BCUT2D eigenvalue weighted by atomic mass is 32.2. The van der Waals surface area contributed by atoms with Gasteiger partial charge in [-0.2, -0.15) is 5.10 Å². The maximum Gasteiger partial charge on any atom is 0.274 e. The summed E-state index contributed by atoms with van der Waals surface area (Å²) in [4.78, 5) is 19.0. The van der Waals surface area contributed by atoms with E-state index in [0.29, 0.717) is 38.1 Å². The van der Waals surface area contributed by atoms with Gasteiger partial charge in [0.15, 0.2) is 5.69 Å². The predicted molar refractivity (Wildman–Crippen MR) is 136 cm³/mol. The third-order valence-electron chi connectivity index (χ3n) is 7.15. The van der Waals surface area contributed by atoms with Gasteiger partial charge in [-0.3, -0.25) is 9.69 Å². The molecule has 7 nitrogen and oxygen atoms in total. The lowest BCUT2D eigenvalue weighted by Crippen LogP contribution is -2.41. The molecule has 1 amide bonds. The van der Waals surface area contributed by atoms with E-state index in [1.54, 1.807) is 18.9 Å². The summed E-state index contributed by atoms with van der Waals surface area (Å²) in [6.45, 7) is 5.34. The molecule has 0 spiro atoms.